The maximum Gasteiger partial charge on any atom is 0.351 e. The molecule has 2 heterocycles. The summed E-state index contributed by atoms with van der Waals surface area (Å²) in [5, 5.41) is 2.86. The Kier molecular flexibility index (Phi) is 3.71. The van der Waals surface area contributed by atoms with E-state index in [9.17, 15) is 4.79 Å². The second-order valence-electron chi connectivity index (χ2n) is 4.94. The van der Waals surface area contributed by atoms with Crippen molar-refractivity contribution in [1.82, 2.24) is 9.55 Å². The van der Waals surface area contributed by atoms with Gasteiger partial charge in [-0.15, -0.1) is 0 Å². The van der Waals surface area contributed by atoms with Crippen molar-refractivity contribution in [1.29, 1.82) is 0 Å². The Morgan fingerprint density at radius 3 is 2.67 bits per heavy atom. The SMILES string of the molecule is CC[C@H]1O[C@@H](n2ccc(NC)nc2=O)C(C)[C@@H]1C. The van der Waals surface area contributed by atoms with E-state index in [1.165, 1.54) is 0 Å². The minimum Gasteiger partial charge on any atom is -0.373 e. The molecule has 1 aromatic heterocycles. The summed E-state index contributed by atoms with van der Waals surface area (Å²) >= 11 is 0. The van der Waals surface area contributed by atoms with E-state index >= 15 is 0 Å². The number of rotatable bonds is 3. The van der Waals surface area contributed by atoms with Crippen molar-refractivity contribution < 1.29 is 4.74 Å². The van der Waals surface area contributed by atoms with Gasteiger partial charge in [-0.25, -0.2) is 4.79 Å². The van der Waals surface area contributed by atoms with Gasteiger partial charge in [0.05, 0.1) is 6.10 Å². The van der Waals surface area contributed by atoms with Crippen LogP contribution < -0.4 is 11.0 Å². The minimum atomic E-state index is -0.261. The van der Waals surface area contributed by atoms with Crippen molar-refractivity contribution in [2.45, 2.75) is 39.5 Å². The standard InChI is InChI=1S/C13H21N3O2/c1-5-10-8(2)9(3)12(18-10)16-7-6-11(14-4)15-13(16)17/h6-10,12H,5H2,1-4H3,(H,14,15,17)/t8-,9?,10+,12+/m0/s1. The van der Waals surface area contributed by atoms with Crippen LogP contribution in [0.1, 0.15) is 33.4 Å². The summed E-state index contributed by atoms with van der Waals surface area (Å²) in [7, 11) is 1.75. The molecule has 0 saturated carbocycles. The molecule has 1 N–H and O–H groups in total. The molecule has 1 aromatic rings. The van der Waals surface area contributed by atoms with Gasteiger partial charge in [-0.1, -0.05) is 20.8 Å². The largest absolute Gasteiger partial charge is 0.373 e. The Balaban J connectivity index is 2.30. The molecule has 1 fully saturated rings. The fourth-order valence-corrected chi connectivity index (χ4v) is 2.56. The van der Waals surface area contributed by atoms with E-state index in [4.69, 9.17) is 4.74 Å². The molecular weight excluding hydrogens is 230 g/mol. The Morgan fingerprint density at radius 1 is 1.44 bits per heavy atom. The zero-order valence-corrected chi connectivity index (χ0v) is 11.4. The van der Waals surface area contributed by atoms with Gasteiger partial charge in [0.25, 0.3) is 0 Å². The van der Waals surface area contributed by atoms with Gasteiger partial charge in [0, 0.05) is 19.2 Å². The van der Waals surface area contributed by atoms with Gasteiger partial charge < -0.3 is 10.1 Å². The summed E-state index contributed by atoms with van der Waals surface area (Å²) in [6.45, 7) is 6.42. The number of hydrogen-bond acceptors (Lipinski definition) is 4. The lowest BCUT2D eigenvalue weighted by atomic mass is 9.91. The lowest BCUT2D eigenvalue weighted by molar-refractivity contribution is -0.0167. The van der Waals surface area contributed by atoms with Crippen LogP contribution in [0.15, 0.2) is 17.1 Å². The molecule has 1 aliphatic heterocycles. The molecule has 5 nitrogen and oxygen atoms in total. The van der Waals surface area contributed by atoms with Gasteiger partial charge in [0.1, 0.15) is 12.0 Å². The van der Waals surface area contributed by atoms with E-state index in [1.54, 1.807) is 23.9 Å². The topological polar surface area (TPSA) is 56.1 Å². The summed E-state index contributed by atoms with van der Waals surface area (Å²) in [5.41, 5.74) is -0.261. The van der Waals surface area contributed by atoms with E-state index in [-0.39, 0.29) is 18.0 Å². The van der Waals surface area contributed by atoms with Crippen LogP contribution in [0.2, 0.25) is 0 Å². The molecule has 0 aliphatic carbocycles. The molecule has 1 aliphatic rings. The summed E-state index contributed by atoms with van der Waals surface area (Å²) in [4.78, 5) is 15.9. The normalized spacial score (nSPS) is 31.6. The van der Waals surface area contributed by atoms with E-state index in [0.717, 1.165) is 6.42 Å². The van der Waals surface area contributed by atoms with Crippen LogP contribution in [-0.2, 0) is 4.74 Å². The van der Waals surface area contributed by atoms with Crippen molar-refractivity contribution in [2.24, 2.45) is 11.8 Å². The Labute approximate surface area is 107 Å². The van der Waals surface area contributed by atoms with Crippen LogP contribution in [0.4, 0.5) is 5.82 Å². The fourth-order valence-electron chi connectivity index (χ4n) is 2.56. The molecular formula is C13H21N3O2. The third-order valence-electron chi connectivity index (χ3n) is 3.94. The van der Waals surface area contributed by atoms with Crippen molar-refractivity contribution >= 4 is 5.82 Å². The van der Waals surface area contributed by atoms with Crippen molar-refractivity contribution in [3.8, 4) is 0 Å². The smallest absolute Gasteiger partial charge is 0.351 e. The first-order valence-corrected chi connectivity index (χ1v) is 6.50. The molecule has 1 unspecified atom stereocenters. The highest BCUT2D eigenvalue weighted by molar-refractivity contribution is 5.30. The lowest BCUT2D eigenvalue weighted by Crippen LogP contribution is -2.29. The first-order chi connectivity index (χ1) is 8.58. The Bertz CT molecular complexity index is 472. The second-order valence-corrected chi connectivity index (χ2v) is 4.94. The summed E-state index contributed by atoms with van der Waals surface area (Å²) in [5.74, 6) is 1.35. The van der Waals surface area contributed by atoms with Crippen LogP contribution in [0.5, 0.6) is 0 Å². The van der Waals surface area contributed by atoms with Crippen LogP contribution in [-0.4, -0.2) is 22.7 Å². The molecule has 0 aromatic carbocycles. The number of ether oxygens (including phenoxy) is 1. The quantitative estimate of drug-likeness (QED) is 0.891. The van der Waals surface area contributed by atoms with Gasteiger partial charge in [0.2, 0.25) is 0 Å². The number of hydrogen-bond donors (Lipinski definition) is 1. The average molecular weight is 251 g/mol. The lowest BCUT2D eigenvalue weighted by Gasteiger charge is -2.18. The molecule has 18 heavy (non-hydrogen) atoms. The van der Waals surface area contributed by atoms with Crippen LogP contribution >= 0.6 is 0 Å². The molecule has 5 heteroatoms. The molecule has 4 atom stereocenters. The van der Waals surface area contributed by atoms with E-state index in [2.05, 4.69) is 31.1 Å². The maximum atomic E-state index is 12.0. The third-order valence-corrected chi connectivity index (χ3v) is 3.94. The predicted octanol–water partition coefficient (Wildman–Crippen LogP) is 1.86. The predicted molar refractivity (Wildman–Crippen MR) is 70.6 cm³/mol. The van der Waals surface area contributed by atoms with E-state index in [1.807, 2.05) is 0 Å². The molecule has 100 valence electrons. The molecule has 0 radical (unpaired) electrons. The highest BCUT2D eigenvalue weighted by Gasteiger charge is 2.39. The van der Waals surface area contributed by atoms with Gasteiger partial charge in [0.15, 0.2) is 0 Å². The fraction of sp³-hybridized carbons (Fsp3) is 0.692. The third kappa shape index (κ3) is 2.14. The van der Waals surface area contributed by atoms with E-state index in [0.29, 0.717) is 17.7 Å². The van der Waals surface area contributed by atoms with Crippen molar-refractivity contribution in [2.75, 3.05) is 12.4 Å². The molecule has 1 saturated heterocycles. The summed E-state index contributed by atoms with van der Waals surface area (Å²) in [6.07, 6.45) is 2.75. The number of nitrogens with one attached hydrogen (secondary N) is 1. The second kappa shape index (κ2) is 5.10. The van der Waals surface area contributed by atoms with Crippen LogP contribution in [0.25, 0.3) is 0 Å². The molecule has 0 amide bonds. The average Bonchev–Trinajstić information content (AvgIpc) is 2.66. The zero-order chi connectivity index (χ0) is 13.3. The maximum absolute atomic E-state index is 12.0. The Hall–Kier alpha value is -1.36. The van der Waals surface area contributed by atoms with Gasteiger partial charge >= 0.3 is 5.69 Å². The first-order valence-electron chi connectivity index (χ1n) is 6.50. The molecule has 0 bridgehead atoms. The molecule has 2 rings (SSSR count). The number of aromatic nitrogens is 2. The summed E-state index contributed by atoms with van der Waals surface area (Å²) in [6, 6.07) is 1.79. The highest BCUT2D eigenvalue weighted by Crippen LogP contribution is 2.39. The van der Waals surface area contributed by atoms with Gasteiger partial charge in [-0.2, -0.15) is 4.98 Å². The first kappa shape index (κ1) is 13.1. The number of nitrogens with zero attached hydrogens (tertiary/aromatic N) is 2. The van der Waals surface area contributed by atoms with E-state index < -0.39 is 0 Å². The monoisotopic (exact) mass is 251 g/mol. The van der Waals surface area contributed by atoms with Crippen LogP contribution in [0.3, 0.4) is 0 Å². The van der Waals surface area contributed by atoms with Crippen molar-refractivity contribution in [3.05, 3.63) is 22.7 Å². The number of anilines is 1. The van der Waals surface area contributed by atoms with Gasteiger partial charge in [-0.3, -0.25) is 4.57 Å². The summed E-state index contributed by atoms with van der Waals surface area (Å²) < 4.78 is 7.57. The van der Waals surface area contributed by atoms with Crippen LogP contribution in [0, 0.1) is 11.8 Å². The molecule has 0 spiro atoms. The highest BCUT2D eigenvalue weighted by atomic mass is 16.5. The Morgan fingerprint density at radius 2 is 2.17 bits per heavy atom. The zero-order valence-electron chi connectivity index (χ0n) is 11.4. The van der Waals surface area contributed by atoms with Crippen molar-refractivity contribution in [3.63, 3.8) is 0 Å². The van der Waals surface area contributed by atoms with Gasteiger partial charge in [-0.05, 0) is 18.4 Å². The minimum absolute atomic E-state index is 0.198.